The lowest BCUT2D eigenvalue weighted by Gasteiger charge is -2.27. The maximum absolute atomic E-state index is 12.9. The van der Waals surface area contributed by atoms with Crippen molar-refractivity contribution in [3.63, 3.8) is 0 Å². The second-order valence-electron chi connectivity index (χ2n) is 6.41. The van der Waals surface area contributed by atoms with Crippen LogP contribution in [0, 0.1) is 6.92 Å². The number of halogens is 2. The third-order valence-electron chi connectivity index (χ3n) is 4.73. The Morgan fingerprint density at radius 1 is 1.15 bits per heavy atom. The summed E-state index contributed by atoms with van der Waals surface area (Å²) in [6.07, 6.45) is 0.727. The quantitative estimate of drug-likeness (QED) is 0.682. The molecule has 132 valence electrons. The Hall–Kier alpha value is -2.30. The van der Waals surface area contributed by atoms with Crippen molar-refractivity contribution in [1.82, 2.24) is 14.9 Å². The topological polar surface area (TPSA) is 49.0 Å². The highest BCUT2D eigenvalue weighted by molar-refractivity contribution is 6.31. The molecule has 0 bridgehead atoms. The number of fused-ring (bicyclic) bond motifs is 1. The molecule has 1 aromatic heterocycles. The van der Waals surface area contributed by atoms with Crippen LogP contribution in [0.5, 0.6) is 0 Å². The number of carbonyl (C=O) groups excluding carboxylic acids is 1. The summed E-state index contributed by atoms with van der Waals surface area (Å²) >= 11 is 12.1. The minimum Gasteiger partial charge on any atom is -0.340 e. The standard InChI is InChI=1S/C20H17Cl2N3O/c1-12-15(3-2-4-16(12)22)20(26)25-10-9-17-18(11-25)24-19(23-17)13-5-7-14(21)8-6-13/h2-8H,9-11H2,1H3,(H,23,24). The van der Waals surface area contributed by atoms with E-state index >= 15 is 0 Å². The zero-order chi connectivity index (χ0) is 18.3. The Morgan fingerprint density at radius 2 is 1.92 bits per heavy atom. The van der Waals surface area contributed by atoms with Crippen molar-refractivity contribution in [2.75, 3.05) is 6.54 Å². The van der Waals surface area contributed by atoms with E-state index in [1.807, 2.05) is 48.2 Å². The van der Waals surface area contributed by atoms with Gasteiger partial charge in [0.15, 0.2) is 0 Å². The van der Waals surface area contributed by atoms with Gasteiger partial charge in [-0.1, -0.05) is 29.3 Å². The fourth-order valence-corrected chi connectivity index (χ4v) is 3.52. The summed E-state index contributed by atoms with van der Waals surface area (Å²) in [4.78, 5) is 22.8. The van der Waals surface area contributed by atoms with Crippen LogP contribution >= 0.6 is 23.2 Å². The number of aromatic amines is 1. The molecule has 3 aromatic rings. The molecule has 0 saturated heterocycles. The molecule has 0 aliphatic carbocycles. The number of hydrogen-bond acceptors (Lipinski definition) is 2. The Labute approximate surface area is 161 Å². The maximum atomic E-state index is 12.9. The van der Waals surface area contributed by atoms with Crippen LogP contribution in [0.2, 0.25) is 10.0 Å². The van der Waals surface area contributed by atoms with Crippen LogP contribution in [-0.2, 0) is 13.0 Å². The molecule has 1 amide bonds. The van der Waals surface area contributed by atoms with Crippen molar-refractivity contribution < 1.29 is 4.79 Å². The molecule has 2 heterocycles. The van der Waals surface area contributed by atoms with E-state index in [9.17, 15) is 4.79 Å². The molecule has 2 aromatic carbocycles. The Kier molecular flexibility index (Phi) is 4.47. The van der Waals surface area contributed by atoms with E-state index in [0.29, 0.717) is 28.7 Å². The monoisotopic (exact) mass is 385 g/mol. The van der Waals surface area contributed by atoms with E-state index in [1.54, 1.807) is 6.07 Å². The normalized spacial score (nSPS) is 13.6. The minimum atomic E-state index is -0.00158. The Bertz CT molecular complexity index is 979. The number of hydrogen-bond donors (Lipinski definition) is 1. The van der Waals surface area contributed by atoms with Crippen molar-refractivity contribution in [2.45, 2.75) is 19.9 Å². The number of benzene rings is 2. The fraction of sp³-hybridized carbons (Fsp3) is 0.200. The van der Waals surface area contributed by atoms with Gasteiger partial charge >= 0.3 is 0 Å². The summed E-state index contributed by atoms with van der Waals surface area (Å²) in [7, 11) is 0. The van der Waals surface area contributed by atoms with E-state index in [-0.39, 0.29) is 5.91 Å². The van der Waals surface area contributed by atoms with Gasteiger partial charge in [-0.25, -0.2) is 4.98 Å². The summed E-state index contributed by atoms with van der Waals surface area (Å²) in [6, 6.07) is 13.0. The van der Waals surface area contributed by atoms with Gasteiger partial charge in [0.05, 0.1) is 17.9 Å². The van der Waals surface area contributed by atoms with E-state index in [1.165, 1.54) is 0 Å². The van der Waals surface area contributed by atoms with Crippen LogP contribution in [-0.4, -0.2) is 27.3 Å². The molecule has 0 atom stereocenters. The maximum Gasteiger partial charge on any atom is 0.254 e. The average Bonchev–Trinajstić information content (AvgIpc) is 3.07. The molecular weight excluding hydrogens is 369 g/mol. The predicted octanol–water partition coefficient (Wildman–Crippen LogP) is 4.89. The van der Waals surface area contributed by atoms with Gasteiger partial charge < -0.3 is 9.88 Å². The van der Waals surface area contributed by atoms with E-state index in [0.717, 1.165) is 34.8 Å². The highest BCUT2D eigenvalue weighted by Crippen LogP contribution is 2.26. The molecule has 1 N–H and O–H groups in total. The molecule has 0 fully saturated rings. The van der Waals surface area contributed by atoms with E-state index < -0.39 is 0 Å². The van der Waals surface area contributed by atoms with Crippen LogP contribution in [0.1, 0.15) is 27.3 Å². The lowest BCUT2D eigenvalue weighted by Crippen LogP contribution is -2.36. The molecule has 4 rings (SSSR count). The molecule has 4 nitrogen and oxygen atoms in total. The smallest absolute Gasteiger partial charge is 0.254 e. The fourth-order valence-electron chi connectivity index (χ4n) is 3.22. The van der Waals surface area contributed by atoms with Crippen LogP contribution in [0.4, 0.5) is 0 Å². The molecule has 26 heavy (non-hydrogen) atoms. The molecule has 6 heteroatoms. The summed E-state index contributed by atoms with van der Waals surface area (Å²) in [5.41, 5.74) is 4.44. The molecule has 0 unspecified atom stereocenters. The van der Waals surface area contributed by atoms with Gasteiger partial charge in [0, 0.05) is 34.1 Å². The van der Waals surface area contributed by atoms with Gasteiger partial charge in [0.25, 0.3) is 5.91 Å². The summed E-state index contributed by atoms with van der Waals surface area (Å²) in [6.45, 7) is 3.03. The van der Waals surface area contributed by atoms with Crippen molar-refractivity contribution in [3.8, 4) is 11.4 Å². The van der Waals surface area contributed by atoms with Crippen molar-refractivity contribution >= 4 is 29.1 Å². The number of amides is 1. The molecule has 1 aliphatic rings. The van der Waals surface area contributed by atoms with Crippen LogP contribution in [0.3, 0.4) is 0 Å². The lowest BCUT2D eigenvalue weighted by atomic mass is 10.1. The van der Waals surface area contributed by atoms with Gasteiger partial charge in [-0.05, 0) is 48.9 Å². The predicted molar refractivity (Wildman–Crippen MR) is 104 cm³/mol. The van der Waals surface area contributed by atoms with Crippen LogP contribution in [0.15, 0.2) is 42.5 Å². The number of H-pyrrole nitrogens is 1. The van der Waals surface area contributed by atoms with Gasteiger partial charge in [0.2, 0.25) is 0 Å². The largest absolute Gasteiger partial charge is 0.340 e. The number of nitrogens with zero attached hydrogens (tertiary/aromatic N) is 2. The van der Waals surface area contributed by atoms with Crippen LogP contribution in [0.25, 0.3) is 11.4 Å². The van der Waals surface area contributed by atoms with Gasteiger partial charge in [-0.3, -0.25) is 4.79 Å². The summed E-state index contributed by atoms with van der Waals surface area (Å²) < 4.78 is 0. The first kappa shape index (κ1) is 17.1. The van der Waals surface area contributed by atoms with E-state index in [2.05, 4.69) is 4.98 Å². The van der Waals surface area contributed by atoms with Crippen molar-refractivity contribution in [3.05, 3.63) is 75.0 Å². The first-order valence-electron chi connectivity index (χ1n) is 8.41. The van der Waals surface area contributed by atoms with E-state index in [4.69, 9.17) is 28.2 Å². The zero-order valence-corrected chi connectivity index (χ0v) is 15.7. The lowest BCUT2D eigenvalue weighted by molar-refractivity contribution is 0.0731. The third-order valence-corrected chi connectivity index (χ3v) is 5.40. The Morgan fingerprint density at radius 3 is 2.69 bits per heavy atom. The van der Waals surface area contributed by atoms with Crippen molar-refractivity contribution in [2.24, 2.45) is 0 Å². The summed E-state index contributed by atoms with van der Waals surface area (Å²) in [5, 5.41) is 1.30. The molecular formula is C20H17Cl2N3O. The molecule has 0 radical (unpaired) electrons. The van der Waals surface area contributed by atoms with Gasteiger partial charge in [-0.2, -0.15) is 0 Å². The molecule has 1 aliphatic heterocycles. The highest BCUT2D eigenvalue weighted by Gasteiger charge is 2.26. The zero-order valence-electron chi connectivity index (χ0n) is 14.2. The third kappa shape index (κ3) is 3.11. The average molecular weight is 386 g/mol. The number of aromatic nitrogens is 2. The SMILES string of the molecule is Cc1c(Cl)cccc1C(=O)N1CCc2nc(-c3ccc(Cl)cc3)[nH]c2C1. The second-order valence-corrected chi connectivity index (χ2v) is 7.25. The van der Waals surface area contributed by atoms with Crippen LogP contribution < -0.4 is 0 Å². The molecule has 0 spiro atoms. The van der Waals surface area contributed by atoms with Gasteiger partial charge in [-0.15, -0.1) is 0 Å². The molecule has 0 saturated carbocycles. The number of imidazole rings is 1. The first-order valence-corrected chi connectivity index (χ1v) is 9.16. The number of carbonyl (C=O) groups is 1. The second kappa shape index (κ2) is 6.78. The number of rotatable bonds is 2. The number of nitrogens with one attached hydrogen (secondary N) is 1. The van der Waals surface area contributed by atoms with Crippen molar-refractivity contribution in [1.29, 1.82) is 0 Å². The van der Waals surface area contributed by atoms with Gasteiger partial charge in [0.1, 0.15) is 5.82 Å². The highest BCUT2D eigenvalue weighted by atomic mass is 35.5. The summed E-state index contributed by atoms with van der Waals surface area (Å²) in [5.74, 6) is 0.804. The Balaban J connectivity index is 1.59. The first-order chi connectivity index (χ1) is 12.5. The minimum absolute atomic E-state index is 0.00158.